The summed E-state index contributed by atoms with van der Waals surface area (Å²) in [5.74, 6) is 2.92. The first-order valence-electron chi connectivity index (χ1n) is 12.4. The molecule has 3 heterocycles. The summed E-state index contributed by atoms with van der Waals surface area (Å²) < 4.78 is 12.2. The van der Waals surface area contributed by atoms with Crippen LogP contribution in [-0.4, -0.2) is 35.6 Å². The lowest BCUT2D eigenvalue weighted by Gasteiger charge is -2.19. The Balaban J connectivity index is 1.14. The summed E-state index contributed by atoms with van der Waals surface area (Å²) in [4.78, 5) is 28.2. The summed E-state index contributed by atoms with van der Waals surface area (Å²) in [6.45, 7) is 2.91. The van der Waals surface area contributed by atoms with E-state index in [9.17, 15) is 9.59 Å². The SMILES string of the molecule is CCCCCCCCNC(=O)N[C@@H]1C2Oc3ccc(Oc4ccnc5c4CCC(=O)N5)cc3[C@H]21. The lowest BCUT2D eigenvalue weighted by molar-refractivity contribution is -0.116. The van der Waals surface area contributed by atoms with E-state index in [1.165, 1.54) is 25.7 Å². The van der Waals surface area contributed by atoms with Gasteiger partial charge in [0.1, 0.15) is 29.2 Å². The van der Waals surface area contributed by atoms with Crippen molar-refractivity contribution in [2.24, 2.45) is 0 Å². The molecule has 180 valence electrons. The normalized spacial score (nSPS) is 21.4. The first kappa shape index (κ1) is 22.5. The zero-order valence-corrected chi connectivity index (χ0v) is 19.6. The third-order valence-electron chi connectivity index (χ3n) is 6.77. The molecule has 1 aromatic heterocycles. The molecule has 1 fully saturated rings. The van der Waals surface area contributed by atoms with Gasteiger partial charge in [0.15, 0.2) is 0 Å². The van der Waals surface area contributed by atoms with Gasteiger partial charge in [-0.05, 0) is 37.1 Å². The topological polar surface area (TPSA) is 102 Å². The van der Waals surface area contributed by atoms with E-state index in [1.54, 1.807) is 6.20 Å². The van der Waals surface area contributed by atoms with Crippen LogP contribution in [0.2, 0.25) is 0 Å². The molecule has 5 rings (SSSR count). The molecular weight excluding hydrogens is 432 g/mol. The molecular formula is C26H32N4O4. The van der Waals surface area contributed by atoms with Crippen molar-refractivity contribution in [3.05, 3.63) is 41.6 Å². The highest BCUT2D eigenvalue weighted by Gasteiger charge is 2.59. The highest BCUT2D eigenvalue weighted by molar-refractivity contribution is 5.93. The Morgan fingerprint density at radius 2 is 2.03 bits per heavy atom. The van der Waals surface area contributed by atoms with Gasteiger partial charge in [0.2, 0.25) is 5.91 Å². The molecule has 8 heteroatoms. The van der Waals surface area contributed by atoms with E-state index < -0.39 is 0 Å². The van der Waals surface area contributed by atoms with E-state index in [0.717, 1.165) is 29.7 Å². The van der Waals surface area contributed by atoms with Crippen LogP contribution in [0.5, 0.6) is 17.2 Å². The minimum atomic E-state index is -0.129. The molecule has 0 radical (unpaired) electrons. The van der Waals surface area contributed by atoms with Crippen LogP contribution in [0.15, 0.2) is 30.5 Å². The Hall–Kier alpha value is -3.29. The van der Waals surface area contributed by atoms with Crippen molar-refractivity contribution in [2.45, 2.75) is 76.4 Å². The minimum Gasteiger partial charge on any atom is -0.487 e. The third-order valence-corrected chi connectivity index (χ3v) is 6.77. The number of hydrogen-bond acceptors (Lipinski definition) is 5. The van der Waals surface area contributed by atoms with Gasteiger partial charge >= 0.3 is 6.03 Å². The van der Waals surface area contributed by atoms with Crippen LogP contribution < -0.4 is 25.4 Å². The third kappa shape index (κ3) is 4.81. The zero-order valence-electron chi connectivity index (χ0n) is 19.6. The largest absolute Gasteiger partial charge is 0.487 e. The Morgan fingerprint density at radius 1 is 1.18 bits per heavy atom. The van der Waals surface area contributed by atoms with Gasteiger partial charge in [-0.25, -0.2) is 9.78 Å². The summed E-state index contributed by atoms with van der Waals surface area (Å²) in [5, 5.41) is 8.82. The van der Waals surface area contributed by atoms with Crippen molar-refractivity contribution >= 4 is 17.8 Å². The summed E-state index contributed by atoms with van der Waals surface area (Å²) in [5.41, 5.74) is 1.96. The van der Waals surface area contributed by atoms with Crippen molar-refractivity contribution in [3.63, 3.8) is 0 Å². The molecule has 1 unspecified atom stereocenters. The summed E-state index contributed by atoms with van der Waals surface area (Å²) in [6.07, 6.45) is 9.84. The summed E-state index contributed by atoms with van der Waals surface area (Å²) >= 11 is 0. The number of benzene rings is 1. The molecule has 3 aliphatic rings. The van der Waals surface area contributed by atoms with E-state index in [-0.39, 0.29) is 30.0 Å². The number of urea groups is 1. The quantitative estimate of drug-likeness (QED) is 0.445. The molecule has 2 aliphatic heterocycles. The van der Waals surface area contributed by atoms with Gasteiger partial charge in [-0.1, -0.05) is 39.0 Å². The molecule has 34 heavy (non-hydrogen) atoms. The molecule has 3 N–H and O–H groups in total. The number of unbranched alkanes of at least 4 members (excludes halogenated alkanes) is 5. The number of carbonyl (C=O) groups excluding carboxylic acids is 2. The molecule has 1 saturated carbocycles. The Labute approximate surface area is 199 Å². The van der Waals surface area contributed by atoms with Crippen LogP contribution in [-0.2, 0) is 11.2 Å². The summed E-state index contributed by atoms with van der Waals surface area (Å²) in [6, 6.07) is 7.46. The molecule has 8 nitrogen and oxygen atoms in total. The lowest BCUT2D eigenvalue weighted by atomic mass is 10.1. The average molecular weight is 465 g/mol. The predicted octanol–water partition coefficient (Wildman–Crippen LogP) is 4.65. The highest BCUT2D eigenvalue weighted by atomic mass is 16.5. The van der Waals surface area contributed by atoms with Gasteiger partial charge in [0, 0.05) is 30.3 Å². The van der Waals surface area contributed by atoms with Crippen LogP contribution in [0.1, 0.15) is 68.9 Å². The molecule has 0 bridgehead atoms. The molecule has 0 saturated heterocycles. The predicted molar refractivity (Wildman–Crippen MR) is 129 cm³/mol. The number of hydrogen-bond donors (Lipinski definition) is 3. The number of rotatable bonds is 10. The van der Waals surface area contributed by atoms with Crippen molar-refractivity contribution in [3.8, 4) is 17.2 Å². The standard InChI is InChI=1S/C26H32N4O4/c1-2-3-4-5-6-7-13-28-26(32)30-23-22-18-15-16(8-10-19(18)34-24(22)23)33-20-12-14-27-25-17(20)9-11-21(31)29-25/h8,10,12,14-15,22-24H,2-7,9,11,13H2,1H3,(H,27,29,31)(H2,28,30,32)/t22-,23-,24?/m0/s1. The van der Waals surface area contributed by atoms with Crippen LogP contribution in [0.3, 0.4) is 0 Å². The first-order valence-corrected chi connectivity index (χ1v) is 12.4. The molecule has 3 atom stereocenters. The molecule has 0 spiro atoms. The number of amides is 3. The van der Waals surface area contributed by atoms with E-state index >= 15 is 0 Å². The van der Waals surface area contributed by atoms with Gasteiger partial charge in [0.25, 0.3) is 0 Å². The van der Waals surface area contributed by atoms with Crippen LogP contribution in [0.4, 0.5) is 10.6 Å². The maximum Gasteiger partial charge on any atom is 0.315 e. The number of fused-ring (bicyclic) bond motifs is 4. The fourth-order valence-corrected chi connectivity index (χ4v) is 4.87. The number of aromatic nitrogens is 1. The Bertz CT molecular complexity index is 1070. The molecule has 2 aromatic rings. The maximum absolute atomic E-state index is 12.3. The molecule has 1 aromatic carbocycles. The average Bonchev–Trinajstić information content (AvgIpc) is 3.34. The zero-order chi connectivity index (χ0) is 23.5. The van der Waals surface area contributed by atoms with E-state index in [2.05, 4.69) is 27.9 Å². The van der Waals surface area contributed by atoms with Gasteiger partial charge in [-0.2, -0.15) is 0 Å². The molecule has 3 amide bonds. The van der Waals surface area contributed by atoms with Gasteiger partial charge in [0.05, 0.1) is 12.0 Å². The van der Waals surface area contributed by atoms with Crippen LogP contribution in [0, 0.1) is 0 Å². The van der Waals surface area contributed by atoms with E-state index in [0.29, 0.717) is 36.7 Å². The summed E-state index contributed by atoms with van der Waals surface area (Å²) in [7, 11) is 0. The second-order valence-corrected chi connectivity index (χ2v) is 9.29. The minimum absolute atomic E-state index is 0.0174. The maximum atomic E-state index is 12.3. The second-order valence-electron chi connectivity index (χ2n) is 9.29. The number of pyridine rings is 1. The van der Waals surface area contributed by atoms with Gasteiger partial charge in [-0.15, -0.1) is 0 Å². The number of nitrogens with one attached hydrogen (secondary N) is 3. The number of anilines is 1. The van der Waals surface area contributed by atoms with E-state index in [1.807, 2.05) is 24.3 Å². The Morgan fingerprint density at radius 3 is 2.91 bits per heavy atom. The number of nitrogens with zero attached hydrogens (tertiary/aromatic N) is 1. The molecule has 1 aliphatic carbocycles. The van der Waals surface area contributed by atoms with Crippen molar-refractivity contribution in [1.82, 2.24) is 15.6 Å². The fraction of sp³-hybridized carbons (Fsp3) is 0.500. The van der Waals surface area contributed by atoms with E-state index in [4.69, 9.17) is 9.47 Å². The number of carbonyl (C=O) groups is 2. The van der Waals surface area contributed by atoms with Crippen molar-refractivity contribution in [2.75, 3.05) is 11.9 Å². The Kier molecular flexibility index (Phi) is 6.56. The fourth-order valence-electron chi connectivity index (χ4n) is 4.87. The monoisotopic (exact) mass is 464 g/mol. The van der Waals surface area contributed by atoms with Crippen molar-refractivity contribution < 1.29 is 19.1 Å². The number of ether oxygens (including phenoxy) is 2. The van der Waals surface area contributed by atoms with Gasteiger partial charge < -0.3 is 25.4 Å². The highest BCUT2D eigenvalue weighted by Crippen LogP contribution is 2.54. The van der Waals surface area contributed by atoms with Crippen LogP contribution >= 0.6 is 0 Å². The van der Waals surface area contributed by atoms with Crippen LogP contribution in [0.25, 0.3) is 0 Å². The van der Waals surface area contributed by atoms with Gasteiger partial charge in [-0.3, -0.25) is 4.79 Å². The lowest BCUT2D eigenvalue weighted by Crippen LogP contribution is -2.39. The van der Waals surface area contributed by atoms with Crippen molar-refractivity contribution in [1.29, 1.82) is 0 Å². The second kappa shape index (κ2) is 9.91. The smallest absolute Gasteiger partial charge is 0.315 e. The first-order chi connectivity index (χ1) is 16.6.